The molecule has 0 saturated heterocycles. The molecule has 0 N–H and O–H groups in total. The summed E-state index contributed by atoms with van der Waals surface area (Å²) in [6, 6.07) is 33.3. The highest BCUT2D eigenvalue weighted by molar-refractivity contribution is 5.31. The fourth-order valence-corrected chi connectivity index (χ4v) is 5.26. The lowest BCUT2D eigenvalue weighted by atomic mass is 9.77. The maximum absolute atomic E-state index is 2.60. The van der Waals surface area contributed by atoms with Gasteiger partial charge in [-0.2, -0.15) is 0 Å². The average molecular weight is 411 g/mol. The number of rotatable bonds is 8. The summed E-state index contributed by atoms with van der Waals surface area (Å²) in [5.41, 5.74) is 3.97. The van der Waals surface area contributed by atoms with E-state index in [4.69, 9.17) is 0 Å². The van der Waals surface area contributed by atoms with Crippen LogP contribution >= 0.6 is 0 Å². The Morgan fingerprint density at radius 2 is 1.26 bits per heavy atom. The van der Waals surface area contributed by atoms with Gasteiger partial charge in [-0.15, -0.1) is 0 Å². The molecule has 2 unspecified atom stereocenters. The third kappa shape index (κ3) is 4.25. The van der Waals surface area contributed by atoms with E-state index in [9.17, 15) is 0 Å². The monoisotopic (exact) mass is 410 g/mol. The van der Waals surface area contributed by atoms with Crippen LogP contribution in [0.2, 0.25) is 0 Å². The van der Waals surface area contributed by atoms with Crippen molar-refractivity contribution in [3.63, 3.8) is 0 Å². The molecule has 0 aliphatic carbocycles. The lowest BCUT2D eigenvalue weighted by Gasteiger charge is -2.52. The van der Waals surface area contributed by atoms with E-state index in [1.807, 2.05) is 0 Å². The Labute approximate surface area is 187 Å². The molecule has 0 fully saturated rings. The quantitative estimate of drug-likeness (QED) is 0.402. The zero-order valence-corrected chi connectivity index (χ0v) is 19.0. The summed E-state index contributed by atoms with van der Waals surface area (Å²) < 4.78 is 0. The van der Waals surface area contributed by atoms with Crippen LogP contribution in [0.3, 0.4) is 0 Å². The van der Waals surface area contributed by atoms with Crippen molar-refractivity contribution in [2.45, 2.75) is 57.8 Å². The molecular weight excluding hydrogens is 376 g/mol. The van der Waals surface area contributed by atoms with Crippen LogP contribution in [0.1, 0.15) is 49.8 Å². The highest BCUT2D eigenvalue weighted by Gasteiger charge is 2.50. The summed E-state index contributed by atoms with van der Waals surface area (Å²) in [4.78, 5) is 5.20. The minimum absolute atomic E-state index is 0.165. The summed E-state index contributed by atoms with van der Waals surface area (Å²) in [6.07, 6.45) is 6.69. The summed E-state index contributed by atoms with van der Waals surface area (Å²) in [6.45, 7) is 7.86. The first-order valence-corrected chi connectivity index (χ1v) is 11.5. The predicted molar refractivity (Wildman–Crippen MR) is 130 cm³/mol. The van der Waals surface area contributed by atoms with Crippen molar-refractivity contribution in [1.82, 2.24) is 9.80 Å². The number of benzene rings is 3. The Bertz CT molecular complexity index is 965. The lowest BCUT2D eigenvalue weighted by Crippen LogP contribution is -2.60. The summed E-state index contributed by atoms with van der Waals surface area (Å²) in [5.74, 6) is 0.370. The van der Waals surface area contributed by atoms with Crippen molar-refractivity contribution in [2.24, 2.45) is 0 Å². The number of hydrogen-bond donors (Lipinski definition) is 0. The van der Waals surface area contributed by atoms with E-state index in [-0.39, 0.29) is 5.66 Å². The van der Waals surface area contributed by atoms with Crippen molar-refractivity contribution < 1.29 is 0 Å². The standard InChI is InChI=1S/C29H34N2/c1-4-28(27-18-12-7-13-19-27)29(22-25-14-8-5-9-15-25)30(20-21-31(29)24(2)3)23-26-16-10-6-11-17-26/h5-21,24,28H,4,22-23H2,1-3H3. The molecule has 0 aromatic heterocycles. The van der Waals surface area contributed by atoms with Crippen molar-refractivity contribution in [2.75, 3.05) is 0 Å². The summed E-state index contributed by atoms with van der Waals surface area (Å²) in [5, 5.41) is 0. The largest absolute Gasteiger partial charge is 0.350 e. The van der Waals surface area contributed by atoms with Crippen LogP contribution in [-0.2, 0) is 13.0 Å². The van der Waals surface area contributed by atoms with Gasteiger partial charge in [-0.1, -0.05) is 97.9 Å². The van der Waals surface area contributed by atoms with Gasteiger partial charge in [-0.3, -0.25) is 0 Å². The van der Waals surface area contributed by atoms with E-state index in [0.717, 1.165) is 19.4 Å². The van der Waals surface area contributed by atoms with Crippen molar-refractivity contribution in [3.8, 4) is 0 Å². The van der Waals surface area contributed by atoms with Crippen molar-refractivity contribution >= 4 is 0 Å². The molecule has 0 spiro atoms. The van der Waals surface area contributed by atoms with E-state index in [0.29, 0.717) is 12.0 Å². The fourth-order valence-electron chi connectivity index (χ4n) is 5.26. The van der Waals surface area contributed by atoms with E-state index in [2.05, 4.69) is 134 Å². The van der Waals surface area contributed by atoms with Crippen LogP contribution in [-0.4, -0.2) is 21.5 Å². The topological polar surface area (TPSA) is 6.48 Å². The van der Waals surface area contributed by atoms with Crippen LogP contribution in [0, 0.1) is 0 Å². The SMILES string of the molecule is CCC(c1ccccc1)C1(Cc2ccccc2)N(Cc2ccccc2)C=CN1C(C)C. The normalized spacial score (nSPS) is 19.2. The molecule has 0 radical (unpaired) electrons. The minimum atomic E-state index is -0.165. The van der Waals surface area contributed by atoms with Crippen molar-refractivity contribution in [3.05, 3.63) is 120 Å². The Kier molecular flexibility index (Phi) is 6.46. The molecule has 160 valence electrons. The Hall–Kier alpha value is -3.00. The van der Waals surface area contributed by atoms with E-state index < -0.39 is 0 Å². The second-order valence-electron chi connectivity index (χ2n) is 8.83. The molecule has 0 saturated carbocycles. The molecule has 31 heavy (non-hydrogen) atoms. The van der Waals surface area contributed by atoms with Crippen LogP contribution < -0.4 is 0 Å². The van der Waals surface area contributed by atoms with E-state index in [1.165, 1.54) is 16.7 Å². The zero-order chi connectivity index (χ0) is 21.7. The lowest BCUT2D eigenvalue weighted by molar-refractivity contribution is -0.0228. The highest BCUT2D eigenvalue weighted by Crippen LogP contribution is 2.46. The second kappa shape index (κ2) is 9.43. The van der Waals surface area contributed by atoms with Gasteiger partial charge in [0.05, 0.1) is 0 Å². The molecule has 1 aliphatic rings. The van der Waals surface area contributed by atoms with Gasteiger partial charge >= 0.3 is 0 Å². The average Bonchev–Trinajstić information content (AvgIpc) is 3.15. The van der Waals surface area contributed by atoms with Crippen LogP contribution in [0.4, 0.5) is 0 Å². The minimum Gasteiger partial charge on any atom is -0.350 e. The number of hydrogen-bond acceptors (Lipinski definition) is 2. The second-order valence-corrected chi connectivity index (χ2v) is 8.83. The molecule has 4 rings (SSSR count). The van der Waals surface area contributed by atoms with E-state index >= 15 is 0 Å². The Morgan fingerprint density at radius 1 is 0.710 bits per heavy atom. The van der Waals surface area contributed by atoms with Crippen LogP contribution in [0.5, 0.6) is 0 Å². The summed E-state index contributed by atoms with van der Waals surface area (Å²) in [7, 11) is 0. The first kappa shape index (κ1) is 21.2. The Morgan fingerprint density at radius 3 is 1.81 bits per heavy atom. The maximum atomic E-state index is 2.60. The molecule has 0 bridgehead atoms. The van der Waals surface area contributed by atoms with Crippen LogP contribution in [0.15, 0.2) is 103 Å². The van der Waals surface area contributed by atoms with Gasteiger partial charge in [0, 0.05) is 37.3 Å². The smallest absolute Gasteiger partial charge is 0.124 e. The number of nitrogens with zero attached hydrogens (tertiary/aromatic N) is 2. The molecule has 1 aliphatic heterocycles. The maximum Gasteiger partial charge on any atom is 0.124 e. The van der Waals surface area contributed by atoms with Gasteiger partial charge in [0.25, 0.3) is 0 Å². The summed E-state index contributed by atoms with van der Waals surface area (Å²) >= 11 is 0. The van der Waals surface area contributed by atoms with Gasteiger partial charge in [-0.25, -0.2) is 0 Å². The van der Waals surface area contributed by atoms with Gasteiger partial charge in [0.2, 0.25) is 0 Å². The molecule has 3 aromatic carbocycles. The molecule has 1 heterocycles. The first-order valence-electron chi connectivity index (χ1n) is 11.5. The predicted octanol–water partition coefficient (Wildman–Crippen LogP) is 6.82. The highest BCUT2D eigenvalue weighted by atomic mass is 15.4. The van der Waals surface area contributed by atoms with E-state index in [1.54, 1.807) is 0 Å². The third-order valence-corrected chi connectivity index (χ3v) is 6.58. The van der Waals surface area contributed by atoms with Gasteiger partial charge in [0.15, 0.2) is 0 Å². The molecular formula is C29H34N2. The molecule has 2 nitrogen and oxygen atoms in total. The van der Waals surface area contributed by atoms with Gasteiger partial charge in [-0.05, 0) is 37.0 Å². The first-order chi connectivity index (χ1) is 15.1. The van der Waals surface area contributed by atoms with Crippen LogP contribution in [0.25, 0.3) is 0 Å². The van der Waals surface area contributed by atoms with Gasteiger partial charge in [0.1, 0.15) is 5.66 Å². The molecule has 2 atom stereocenters. The molecule has 0 amide bonds. The van der Waals surface area contributed by atoms with Crippen molar-refractivity contribution in [1.29, 1.82) is 0 Å². The fraction of sp³-hybridized carbons (Fsp3) is 0.310. The third-order valence-electron chi connectivity index (χ3n) is 6.58. The Balaban J connectivity index is 1.85. The van der Waals surface area contributed by atoms with Gasteiger partial charge < -0.3 is 9.80 Å². The molecule has 3 aromatic rings. The zero-order valence-electron chi connectivity index (χ0n) is 19.0. The molecule has 2 heteroatoms.